The van der Waals surface area contributed by atoms with Crippen molar-refractivity contribution in [2.24, 2.45) is 5.73 Å². The summed E-state index contributed by atoms with van der Waals surface area (Å²) >= 11 is 0. The summed E-state index contributed by atoms with van der Waals surface area (Å²) in [5, 5.41) is 3.64. The number of unbranched alkanes of at least 4 members (excludes halogenated alkanes) is 4. The van der Waals surface area contributed by atoms with E-state index in [-0.39, 0.29) is 5.91 Å². The van der Waals surface area contributed by atoms with E-state index in [4.69, 9.17) is 5.73 Å². The van der Waals surface area contributed by atoms with Gasteiger partial charge in [-0.3, -0.25) is 14.6 Å². The van der Waals surface area contributed by atoms with Crippen LogP contribution in [0.15, 0.2) is 49.2 Å². The van der Waals surface area contributed by atoms with Crippen LogP contribution >= 0.6 is 0 Å². The summed E-state index contributed by atoms with van der Waals surface area (Å²) < 4.78 is 0. The second-order valence-electron chi connectivity index (χ2n) is 6.09. The number of rotatable bonds is 10. The molecule has 2 rings (SSSR count). The van der Waals surface area contributed by atoms with Crippen LogP contribution in [0.1, 0.15) is 48.9 Å². The van der Waals surface area contributed by atoms with Gasteiger partial charge in [-0.1, -0.05) is 43.5 Å². The Morgan fingerprint density at radius 2 is 1.92 bits per heavy atom. The van der Waals surface area contributed by atoms with Crippen molar-refractivity contribution in [2.45, 2.75) is 44.6 Å². The van der Waals surface area contributed by atoms with E-state index in [1.807, 2.05) is 24.3 Å². The summed E-state index contributed by atoms with van der Waals surface area (Å²) in [4.78, 5) is 28.5. The first-order valence-electron chi connectivity index (χ1n) is 8.68. The number of nitrogens with zero attached hydrogens (tertiary/aromatic N) is 1. The van der Waals surface area contributed by atoms with Crippen molar-refractivity contribution in [3.05, 3.63) is 54.7 Å². The largest absolute Gasteiger partial charge is 0.368 e. The van der Waals surface area contributed by atoms with E-state index in [1.165, 1.54) is 0 Å². The minimum absolute atomic E-state index is 0.320. The first kappa shape index (κ1) is 18.6. The number of nitrogens with two attached hydrogens (primary N) is 1. The Hall–Kier alpha value is -2.69. The summed E-state index contributed by atoms with van der Waals surface area (Å²) in [6.45, 7) is 3.70. The molecular weight excluding hydrogens is 314 g/mol. The summed E-state index contributed by atoms with van der Waals surface area (Å²) in [5.41, 5.74) is 6.53. The van der Waals surface area contributed by atoms with E-state index in [0.29, 0.717) is 17.5 Å². The first-order chi connectivity index (χ1) is 12.1. The lowest BCUT2D eigenvalue weighted by atomic mass is 10.0. The van der Waals surface area contributed by atoms with Crippen LogP contribution in [0.4, 0.5) is 0 Å². The molecule has 0 saturated heterocycles. The zero-order valence-corrected chi connectivity index (χ0v) is 14.4. The van der Waals surface area contributed by atoms with Crippen molar-refractivity contribution in [1.29, 1.82) is 0 Å². The van der Waals surface area contributed by atoms with Gasteiger partial charge < -0.3 is 11.1 Å². The monoisotopic (exact) mass is 339 g/mol. The highest BCUT2D eigenvalue weighted by Crippen LogP contribution is 2.16. The van der Waals surface area contributed by atoms with Gasteiger partial charge in [0.05, 0.1) is 11.1 Å². The average Bonchev–Trinajstić information content (AvgIpc) is 2.62. The number of pyridine rings is 1. The van der Waals surface area contributed by atoms with Gasteiger partial charge in [-0.05, 0) is 31.4 Å². The molecule has 5 nitrogen and oxygen atoms in total. The number of hydrogen-bond donors (Lipinski definition) is 2. The molecule has 5 heteroatoms. The maximum atomic E-state index is 12.6. The van der Waals surface area contributed by atoms with Crippen molar-refractivity contribution in [3.8, 4) is 0 Å². The third-order valence-electron chi connectivity index (χ3n) is 4.18. The number of carbonyl (C=O) groups is 2. The Labute approximate surface area is 148 Å². The van der Waals surface area contributed by atoms with Crippen LogP contribution in [-0.2, 0) is 4.79 Å². The van der Waals surface area contributed by atoms with Gasteiger partial charge in [-0.15, -0.1) is 6.58 Å². The number of hydrogen-bond acceptors (Lipinski definition) is 3. The van der Waals surface area contributed by atoms with Gasteiger partial charge in [0.1, 0.15) is 6.04 Å². The van der Waals surface area contributed by atoms with Crippen LogP contribution in [0.25, 0.3) is 10.9 Å². The quantitative estimate of drug-likeness (QED) is 0.514. The van der Waals surface area contributed by atoms with Gasteiger partial charge in [0.15, 0.2) is 0 Å². The molecule has 1 heterocycles. The SMILES string of the molecule is C=CCCCCCC[C@@H](NC(=O)c1cccc2cccnc12)C(N)=O. The molecule has 0 saturated carbocycles. The van der Waals surface area contributed by atoms with E-state index in [9.17, 15) is 9.59 Å². The number of allylic oxidation sites excluding steroid dienone is 1. The highest BCUT2D eigenvalue weighted by atomic mass is 16.2. The van der Waals surface area contributed by atoms with Gasteiger partial charge >= 0.3 is 0 Å². The van der Waals surface area contributed by atoms with Crippen molar-refractivity contribution in [1.82, 2.24) is 10.3 Å². The lowest BCUT2D eigenvalue weighted by molar-refractivity contribution is -0.120. The van der Waals surface area contributed by atoms with Crippen molar-refractivity contribution in [2.75, 3.05) is 0 Å². The Kier molecular flexibility index (Phi) is 7.14. The minimum Gasteiger partial charge on any atom is -0.368 e. The number of carbonyl (C=O) groups excluding carboxylic acids is 2. The number of fused-ring (bicyclic) bond motifs is 1. The molecule has 25 heavy (non-hydrogen) atoms. The smallest absolute Gasteiger partial charge is 0.254 e. The molecule has 3 N–H and O–H groups in total. The van der Waals surface area contributed by atoms with E-state index >= 15 is 0 Å². The molecule has 1 aromatic carbocycles. The second kappa shape index (κ2) is 9.57. The Morgan fingerprint density at radius 1 is 1.16 bits per heavy atom. The molecule has 0 unspecified atom stereocenters. The number of benzene rings is 1. The lowest BCUT2D eigenvalue weighted by Gasteiger charge is -2.16. The molecule has 1 aromatic heterocycles. The normalized spacial score (nSPS) is 11.8. The third-order valence-corrected chi connectivity index (χ3v) is 4.18. The molecule has 0 aliphatic heterocycles. The average molecular weight is 339 g/mol. The van der Waals surface area contributed by atoms with Crippen LogP contribution in [0.3, 0.4) is 0 Å². The Morgan fingerprint density at radius 3 is 2.68 bits per heavy atom. The van der Waals surface area contributed by atoms with Crippen molar-refractivity contribution >= 4 is 22.7 Å². The van der Waals surface area contributed by atoms with Crippen molar-refractivity contribution < 1.29 is 9.59 Å². The fourth-order valence-corrected chi connectivity index (χ4v) is 2.80. The van der Waals surface area contributed by atoms with Gasteiger partial charge in [0, 0.05) is 11.6 Å². The molecule has 0 aliphatic carbocycles. The van der Waals surface area contributed by atoms with Crippen LogP contribution in [0.2, 0.25) is 0 Å². The maximum absolute atomic E-state index is 12.6. The summed E-state index contributed by atoms with van der Waals surface area (Å²) in [6.07, 6.45) is 9.13. The van der Waals surface area contributed by atoms with Gasteiger partial charge in [-0.2, -0.15) is 0 Å². The molecule has 0 spiro atoms. The van der Waals surface area contributed by atoms with Gasteiger partial charge in [0.2, 0.25) is 5.91 Å². The number of amides is 2. The van der Waals surface area contributed by atoms with Crippen LogP contribution in [0, 0.1) is 0 Å². The molecule has 0 aliphatic rings. The number of nitrogens with one attached hydrogen (secondary N) is 1. The van der Waals surface area contributed by atoms with E-state index < -0.39 is 11.9 Å². The van der Waals surface area contributed by atoms with Crippen molar-refractivity contribution in [3.63, 3.8) is 0 Å². The highest BCUT2D eigenvalue weighted by molar-refractivity contribution is 6.06. The predicted molar refractivity (Wildman–Crippen MR) is 100 cm³/mol. The lowest BCUT2D eigenvalue weighted by Crippen LogP contribution is -2.44. The molecule has 0 fully saturated rings. The fraction of sp³-hybridized carbons (Fsp3) is 0.350. The van der Waals surface area contributed by atoms with Gasteiger partial charge in [0.25, 0.3) is 5.91 Å². The first-order valence-corrected chi connectivity index (χ1v) is 8.68. The molecule has 0 radical (unpaired) electrons. The highest BCUT2D eigenvalue weighted by Gasteiger charge is 2.20. The molecule has 0 bridgehead atoms. The minimum atomic E-state index is -0.661. The summed E-state index contributed by atoms with van der Waals surface area (Å²) in [6, 6.07) is 8.46. The number of aromatic nitrogens is 1. The number of primary amides is 1. The number of para-hydroxylation sites is 1. The van der Waals surface area contributed by atoms with Crippen LogP contribution in [0.5, 0.6) is 0 Å². The van der Waals surface area contributed by atoms with Gasteiger partial charge in [-0.25, -0.2) is 0 Å². The summed E-state index contributed by atoms with van der Waals surface area (Å²) in [7, 11) is 0. The second-order valence-corrected chi connectivity index (χ2v) is 6.09. The zero-order valence-electron chi connectivity index (χ0n) is 14.4. The van der Waals surface area contributed by atoms with E-state index in [1.54, 1.807) is 18.3 Å². The molecule has 132 valence electrons. The summed E-state index contributed by atoms with van der Waals surface area (Å²) in [5.74, 6) is -0.826. The topological polar surface area (TPSA) is 85.1 Å². The van der Waals surface area contributed by atoms with Crippen LogP contribution < -0.4 is 11.1 Å². The third kappa shape index (κ3) is 5.41. The molecular formula is C20H25N3O2. The maximum Gasteiger partial charge on any atom is 0.254 e. The van der Waals surface area contributed by atoms with E-state index in [2.05, 4.69) is 16.9 Å². The van der Waals surface area contributed by atoms with E-state index in [0.717, 1.165) is 37.5 Å². The molecule has 2 aromatic rings. The molecule has 2 amide bonds. The zero-order chi connectivity index (χ0) is 18.1. The predicted octanol–water partition coefficient (Wildman–Crippen LogP) is 3.35. The fourth-order valence-electron chi connectivity index (χ4n) is 2.80. The standard InChI is InChI=1S/C20H25N3O2/c1-2-3-4-5-6-7-13-17(19(21)24)23-20(25)16-12-8-10-15-11-9-14-22-18(15)16/h2,8-12,14,17H,1,3-7,13H2,(H2,21,24)(H,23,25)/t17-/m1/s1. The molecule has 1 atom stereocenters. The van der Waals surface area contributed by atoms with Crippen LogP contribution in [-0.4, -0.2) is 22.8 Å². The Balaban J connectivity index is 1.97. The Bertz CT molecular complexity index is 737.